The van der Waals surface area contributed by atoms with Crippen LogP contribution in [0.5, 0.6) is 0 Å². The van der Waals surface area contributed by atoms with E-state index in [0.29, 0.717) is 23.7 Å². The normalized spacial score (nSPS) is 34.7. The van der Waals surface area contributed by atoms with Gasteiger partial charge in [-0.05, 0) is 123 Å². The van der Waals surface area contributed by atoms with Crippen molar-refractivity contribution in [3.8, 4) is 0 Å². The fourth-order valence-corrected chi connectivity index (χ4v) is 11.1. The maximum Gasteiger partial charge on any atom is 0.306 e. The molecule has 0 bridgehead atoms. The molecule has 2 nitrogen and oxygen atoms in total. The number of rotatable bonds is 21. The van der Waals surface area contributed by atoms with Crippen molar-refractivity contribution < 1.29 is 16.4 Å². The number of ether oxygens (including phenoxy) is 1. The fourth-order valence-electron chi connectivity index (χ4n) is 11.1. The molecule has 0 aromatic rings. The Labute approximate surface area is 300 Å². The van der Waals surface area contributed by atoms with Gasteiger partial charge >= 0.3 is 5.97 Å². The summed E-state index contributed by atoms with van der Waals surface area (Å²) in [6.07, 6.45) is 31.4. The quantitative estimate of drug-likeness (QED) is 0.0699. The zero-order valence-electron chi connectivity index (χ0n) is 36.6. The van der Waals surface area contributed by atoms with E-state index in [0.717, 1.165) is 93.3 Å². The van der Waals surface area contributed by atoms with Gasteiger partial charge in [-0.3, -0.25) is 4.79 Å². The van der Waals surface area contributed by atoms with Gasteiger partial charge in [-0.25, -0.2) is 0 Å². The Hall–Kier alpha value is -1.05. The minimum absolute atomic E-state index is 0.00903. The van der Waals surface area contributed by atoms with Crippen LogP contribution in [0.1, 0.15) is 209 Å². The number of carbonyl (C=O) groups excluding carboxylic acids is 1. The molecule has 3 saturated carbocycles. The van der Waals surface area contributed by atoms with Gasteiger partial charge in [0, 0.05) is 19.7 Å². The summed E-state index contributed by atoms with van der Waals surface area (Å²) in [5, 5.41) is 0. The second-order valence-corrected chi connectivity index (χ2v) is 17.6. The van der Waals surface area contributed by atoms with Crippen LogP contribution in [0, 0.1) is 46.3 Å². The number of hydrogen-bond donors (Lipinski definition) is 0. The van der Waals surface area contributed by atoms with E-state index >= 15 is 0 Å². The van der Waals surface area contributed by atoms with Gasteiger partial charge in [0.15, 0.2) is 0 Å². The van der Waals surface area contributed by atoms with Gasteiger partial charge in [-0.2, -0.15) is 0 Å². The predicted octanol–water partition coefficient (Wildman–Crippen LogP) is 14.0. The Kier molecular flexibility index (Phi) is 13.1. The molecule has 47 heavy (non-hydrogen) atoms. The van der Waals surface area contributed by atoms with Gasteiger partial charge in [0.25, 0.3) is 0 Å². The Morgan fingerprint density at radius 2 is 1.57 bits per heavy atom. The first-order chi connectivity index (χ1) is 24.6. The van der Waals surface area contributed by atoms with E-state index in [1.807, 2.05) is 0 Å². The lowest BCUT2D eigenvalue weighted by molar-refractivity contribution is -0.151. The van der Waals surface area contributed by atoms with Crippen LogP contribution in [-0.2, 0) is 9.53 Å². The van der Waals surface area contributed by atoms with Gasteiger partial charge in [0.05, 0.1) is 0 Å². The minimum atomic E-state index is -2.53. The zero-order chi connectivity index (χ0) is 38.0. The van der Waals surface area contributed by atoms with E-state index in [2.05, 4.69) is 52.8 Å². The third-order valence-electron chi connectivity index (χ3n) is 13.9. The molecule has 0 amide bonds. The molecule has 0 heterocycles. The van der Waals surface area contributed by atoms with Crippen molar-refractivity contribution >= 4 is 5.97 Å². The molecule has 0 saturated heterocycles. The highest BCUT2D eigenvalue weighted by molar-refractivity contribution is 5.69. The van der Waals surface area contributed by atoms with Crippen LogP contribution in [-0.4, -0.2) is 12.1 Å². The SMILES string of the molecule is [2H]C([2H])([2H])C([2H])([2H])CCCCCC/C=C\CCCCCCCC(=O)O[C@H]1CC[C@@]2(C)C(=CC[C@H]3[C@@H]4CC[C@H]([C@H](C)CCCC(C)C)[C@@]4(C)CC[C@@H]32)C1. The van der Waals surface area contributed by atoms with E-state index in [1.165, 1.54) is 77.0 Å². The summed E-state index contributed by atoms with van der Waals surface area (Å²) in [6, 6.07) is 0. The molecule has 4 aliphatic carbocycles. The molecule has 8 atom stereocenters. The van der Waals surface area contributed by atoms with Gasteiger partial charge in [-0.15, -0.1) is 0 Å². The Morgan fingerprint density at radius 3 is 2.30 bits per heavy atom. The van der Waals surface area contributed by atoms with Crippen LogP contribution in [0.3, 0.4) is 0 Å². The molecule has 0 radical (unpaired) electrons. The maximum absolute atomic E-state index is 12.8. The van der Waals surface area contributed by atoms with Crippen LogP contribution < -0.4 is 0 Å². The second-order valence-electron chi connectivity index (χ2n) is 17.6. The highest BCUT2D eigenvalue weighted by Gasteiger charge is 2.59. The smallest absolute Gasteiger partial charge is 0.306 e. The number of carbonyl (C=O) groups is 1. The number of esters is 1. The van der Waals surface area contributed by atoms with Crippen LogP contribution in [0.2, 0.25) is 0 Å². The molecule has 0 N–H and O–H groups in total. The third-order valence-corrected chi connectivity index (χ3v) is 13.9. The molecule has 270 valence electrons. The van der Waals surface area contributed by atoms with E-state index in [-0.39, 0.29) is 18.5 Å². The molecular weight excluding hydrogens is 572 g/mol. The van der Waals surface area contributed by atoms with Crippen molar-refractivity contribution in [2.45, 2.75) is 208 Å². The van der Waals surface area contributed by atoms with Crippen LogP contribution in [0.4, 0.5) is 0 Å². The first-order valence-corrected chi connectivity index (χ1v) is 20.6. The van der Waals surface area contributed by atoms with Crippen molar-refractivity contribution in [3.05, 3.63) is 23.8 Å². The number of unbranched alkanes of at least 4 members (excludes halogenated alkanes) is 9. The predicted molar refractivity (Wildman–Crippen MR) is 202 cm³/mol. The lowest BCUT2D eigenvalue weighted by atomic mass is 9.47. The molecular formula is C45H78O2. The molecule has 2 heteroatoms. The standard InChI is InChI=1S/C45H78O2/c1-7-8-9-10-11-12-13-14-15-16-17-18-19-20-21-25-43(46)47-38-30-32-44(5)37(34-38)26-27-39-41-29-28-40(36(4)24-22-23-35(2)3)45(41,6)33-31-42(39)44/h14-15,26,35-36,38-42H,7-13,16-25,27-34H2,1-6H3/b15-14-/t36-,38+,39+,40-,41+,42+,44+,45-/m1/s1/i1D3,7D2. The highest BCUT2D eigenvalue weighted by Crippen LogP contribution is 2.67. The topological polar surface area (TPSA) is 26.3 Å². The highest BCUT2D eigenvalue weighted by atomic mass is 16.5. The summed E-state index contributed by atoms with van der Waals surface area (Å²) in [5.41, 5.74) is 2.44. The monoisotopic (exact) mass is 656 g/mol. The first kappa shape index (κ1) is 31.9. The molecule has 0 aromatic heterocycles. The van der Waals surface area contributed by atoms with E-state index in [4.69, 9.17) is 11.6 Å². The van der Waals surface area contributed by atoms with Crippen molar-refractivity contribution in [2.75, 3.05) is 0 Å². The first-order valence-electron chi connectivity index (χ1n) is 23.1. The molecule has 4 rings (SSSR count). The minimum Gasteiger partial charge on any atom is -0.462 e. The Bertz CT molecular complexity index is 1160. The Balaban J connectivity index is 1.06. The average Bonchev–Trinajstić information content (AvgIpc) is 3.43. The zero-order valence-corrected chi connectivity index (χ0v) is 31.6. The second kappa shape index (κ2) is 19.4. The molecule has 0 aliphatic heterocycles. The number of hydrogen-bond acceptors (Lipinski definition) is 2. The summed E-state index contributed by atoms with van der Waals surface area (Å²) < 4.78 is 43.3. The van der Waals surface area contributed by atoms with Gasteiger partial charge in [-0.1, -0.05) is 136 Å². The summed E-state index contributed by atoms with van der Waals surface area (Å²) in [6.45, 7) is 10.0. The van der Waals surface area contributed by atoms with Crippen LogP contribution >= 0.6 is 0 Å². The van der Waals surface area contributed by atoms with Crippen LogP contribution in [0.15, 0.2) is 23.8 Å². The molecule has 4 aliphatic rings. The van der Waals surface area contributed by atoms with Crippen LogP contribution in [0.25, 0.3) is 0 Å². The molecule has 3 fully saturated rings. The van der Waals surface area contributed by atoms with Gasteiger partial charge < -0.3 is 4.74 Å². The lowest BCUT2D eigenvalue weighted by Gasteiger charge is -2.58. The lowest BCUT2D eigenvalue weighted by Crippen LogP contribution is -2.51. The summed E-state index contributed by atoms with van der Waals surface area (Å²) in [5.74, 6) is 5.13. The molecule has 0 spiro atoms. The number of fused-ring (bicyclic) bond motifs is 5. The van der Waals surface area contributed by atoms with Gasteiger partial charge in [0.1, 0.15) is 6.10 Å². The summed E-state index contributed by atoms with van der Waals surface area (Å²) in [4.78, 5) is 12.8. The van der Waals surface area contributed by atoms with E-state index in [9.17, 15) is 4.79 Å². The molecule has 0 unspecified atom stereocenters. The van der Waals surface area contributed by atoms with Crippen molar-refractivity contribution in [3.63, 3.8) is 0 Å². The van der Waals surface area contributed by atoms with Gasteiger partial charge in [0.2, 0.25) is 0 Å². The summed E-state index contributed by atoms with van der Waals surface area (Å²) >= 11 is 0. The summed E-state index contributed by atoms with van der Waals surface area (Å²) in [7, 11) is 0. The Morgan fingerprint density at radius 1 is 0.872 bits per heavy atom. The fraction of sp³-hybridized carbons (Fsp3) is 0.889. The van der Waals surface area contributed by atoms with E-state index < -0.39 is 13.2 Å². The maximum atomic E-state index is 12.8. The van der Waals surface area contributed by atoms with Crippen molar-refractivity contribution in [1.29, 1.82) is 0 Å². The third kappa shape index (κ3) is 10.7. The van der Waals surface area contributed by atoms with E-state index in [1.54, 1.807) is 5.57 Å². The van der Waals surface area contributed by atoms with Crippen molar-refractivity contribution in [1.82, 2.24) is 0 Å². The largest absolute Gasteiger partial charge is 0.462 e. The average molecular weight is 656 g/mol. The van der Waals surface area contributed by atoms with Crippen molar-refractivity contribution in [2.24, 2.45) is 46.3 Å². The molecule has 0 aromatic carbocycles. The number of allylic oxidation sites excluding steroid dienone is 3.